The highest BCUT2D eigenvalue weighted by atomic mass is 79.9. The van der Waals surface area contributed by atoms with Gasteiger partial charge in [-0.1, -0.05) is 53.0 Å². The molecular weight excluding hydrogens is 1910 g/mol. The lowest BCUT2D eigenvalue weighted by atomic mass is 9.75. The van der Waals surface area contributed by atoms with Gasteiger partial charge in [-0.25, -0.2) is 46.5 Å². The van der Waals surface area contributed by atoms with Crippen LogP contribution in [0, 0.1) is 29.1 Å². The number of nitrogens with one attached hydrogen (secondary N) is 1. The van der Waals surface area contributed by atoms with Gasteiger partial charge in [0.15, 0.2) is 67.9 Å². The highest BCUT2D eigenvalue weighted by Crippen LogP contribution is 2.41. The Kier molecular flexibility index (Phi) is 42.6. The zero-order chi connectivity index (χ0) is 98.7. The molecule has 0 spiro atoms. The Bertz CT molecular complexity index is 4820. The molecule has 42 heteroatoms. The first-order valence-corrected chi connectivity index (χ1v) is 45.9. The van der Waals surface area contributed by atoms with Crippen LogP contribution in [0.15, 0.2) is 89.5 Å². The van der Waals surface area contributed by atoms with E-state index in [9.17, 15) is 61.6 Å². The number of aliphatic hydroxyl groups excluding tert-OH is 5. The maximum absolute atomic E-state index is 14.7. The number of Topliss-reactive ketones (excluding diaryl/α,β-unsaturated/α-hetero) is 1. The lowest BCUT2D eigenvalue weighted by molar-refractivity contribution is -0.159. The predicted octanol–water partition coefficient (Wildman–Crippen LogP) is 15.9. The Balaban J connectivity index is 0.000000215. The number of aromatic nitrogens is 5. The molecule has 6 N–H and O–H groups in total. The van der Waals surface area contributed by atoms with Crippen LogP contribution in [-0.2, 0) is 66.2 Å². The molecule has 1 unspecified atom stereocenters. The van der Waals surface area contributed by atoms with E-state index in [1.165, 1.54) is 56.0 Å². The first-order chi connectivity index (χ1) is 61.9. The molecule has 5 aromatic rings. The molecule has 134 heavy (non-hydrogen) atoms. The molecule has 7 fully saturated rings. The molecule has 9 atom stereocenters. The molecule has 10 aliphatic heterocycles. The second-order valence-corrected chi connectivity index (χ2v) is 39.5. The molecule has 10 aliphatic rings. The molecule has 0 radical (unpaired) electrons. The number of ketones is 1. The van der Waals surface area contributed by atoms with Crippen molar-refractivity contribution in [2.75, 3.05) is 92.0 Å². The largest absolute Gasteiger partial charge is 0.490 e. The first kappa shape index (κ1) is 114. The van der Waals surface area contributed by atoms with Crippen LogP contribution in [0.5, 0.6) is 0 Å². The number of carbonyl (C=O) groups excluding carboxylic acids is 4. The summed E-state index contributed by atoms with van der Waals surface area (Å²) in [5, 5.41) is 50.8. The molecule has 0 aliphatic carbocycles. The van der Waals surface area contributed by atoms with E-state index in [2.05, 4.69) is 53.1 Å². The molecule has 0 bridgehead atoms. The molecule has 0 aromatic carbocycles. The van der Waals surface area contributed by atoms with Gasteiger partial charge in [0.05, 0.1) is 50.3 Å². The van der Waals surface area contributed by atoms with Crippen LogP contribution in [0.3, 0.4) is 0 Å². The second-order valence-electron chi connectivity index (χ2n) is 37.5. The van der Waals surface area contributed by atoms with Gasteiger partial charge < -0.3 is 107 Å². The average Bonchev–Trinajstić information content (AvgIpc) is 1.62. The number of amides is 3. The van der Waals surface area contributed by atoms with E-state index in [1.54, 1.807) is 57.4 Å². The van der Waals surface area contributed by atoms with Crippen molar-refractivity contribution in [1.29, 1.82) is 0 Å². The zero-order valence-electron chi connectivity index (χ0n) is 79.2. The van der Waals surface area contributed by atoms with Crippen molar-refractivity contribution in [3.63, 3.8) is 0 Å². The van der Waals surface area contributed by atoms with Crippen LogP contribution >= 0.6 is 63.1 Å². The van der Waals surface area contributed by atoms with Crippen molar-refractivity contribution in [1.82, 2.24) is 44.9 Å². The summed E-state index contributed by atoms with van der Waals surface area (Å²) in [5.74, 6) is -6.12. The van der Waals surface area contributed by atoms with E-state index >= 15 is 0 Å². The quantitative estimate of drug-likeness (QED) is 0.0276. The minimum atomic E-state index is -1.34. The number of nitrogens with zero attached hydrogens (tertiary/aromatic N) is 8. The van der Waals surface area contributed by atoms with Gasteiger partial charge in [-0.3, -0.25) is 19.6 Å². The van der Waals surface area contributed by atoms with Crippen molar-refractivity contribution in [2.24, 2.45) is 0 Å². The molecule has 5 aromatic heterocycles. The average molecular weight is 2040 g/mol. The number of likely N-dealkylation sites (tertiary alicyclic amines) is 1. The smallest absolute Gasteiger partial charge is 0.444 e. The SMILES string of the molecule is CC(C)(C)OC(=O)N1CC=C(B2OC(C)(C)C(C)(C)O2)CC1.CC(C)(C)OC(=O)N1CC=C(c2ncc([C@H](O)[C@@H]3COC(C)(C)O3)cc2F)CC1.CC1(C)OC[C@@H](C(=O)N2CCCC2)O1.CC1(C)OC[C@@H](C(=O)c2cnc(Cl)c(F)c2)O1.CC1(C)OC[C@@H]([C@@H](O)c2cnc(Cl)c(F)c2)O1.CC1CCCO1.Cl.Fc1cc(Br)cnc1Cl.OC[C@H](O)[C@@H](O)c1cnc(C2=CCNCC2)c(F)c1. The summed E-state index contributed by atoms with van der Waals surface area (Å²) in [7, 11) is -0.314. The number of ether oxygens (including phenoxy) is 11. The number of hydrogen-bond donors (Lipinski definition) is 6. The standard InChI is InChI=1S/C21H29FN2O5.C16H28BNO4.C13H17FN2O3.C11H13ClFNO3.C11H11ClFNO3.C10H17NO3.C5H2BrClFN.C5H10O.ClH/c1-20(2,3)29-19(26)24-8-6-13(7-9-24)17-15(22)10-14(11-23-17)18(25)16-12-27-21(4,5)28-16;1-14(2,3)20-13(19)18-10-8-12(9-11-18)17-21-15(4,5)16(6,7)22-17;14-10-5-9(13(19)11(18)7-17)6-16-12(10)8-1-3-15-4-2-8;2*1-11(2)16-5-8(17-11)9(15)6-3-7(13)10(12)14-4-6;1-10(2)13-7-8(14-10)9(12)11-5-3-4-6-11;6-3-1-4(8)5(7)9-2-3;1-5-3-2-4-6-5;/h6,10-11,16,18,25H,7-9,12H2,1-5H3;8H,9-11H2,1-7H3;1,5-6,11,13,15,17-19H,2-4,7H2;3-4,8-9,15H,5H2,1-2H3;3-4,8H,5H2,1-2H3;8H,3-7H2,1-2H3;1-2H;5H,2-4H2,1H3;1H/t16-,18-;;11-,13-;8-,9-;2*8-;;;/m0.0000.../s1. The Morgan fingerprint density at radius 3 is 1.37 bits per heavy atom. The topological polar surface area (TPSA) is 376 Å². The van der Waals surface area contributed by atoms with E-state index in [4.69, 9.17) is 101 Å². The Morgan fingerprint density at radius 1 is 0.545 bits per heavy atom. The molecule has 746 valence electrons. The van der Waals surface area contributed by atoms with Gasteiger partial charge >= 0.3 is 19.3 Å². The molecule has 15 rings (SSSR count). The van der Waals surface area contributed by atoms with E-state index in [0.717, 1.165) is 80.3 Å². The van der Waals surface area contributed by atoms with Gasteiger partial charge in [-0.05, 0) is 246 Å². The van der Waals surface area contributed by atoms with Gasteiger partial charge in [0, 0.05) is 110 Å². The Labute approximate surface area is 810 Å². The van der Waals surface area contributed by atoms with Gasteiger partial charge in [-0.15, -0.1) is 12.4 Å². The number of halogens is 10. The summed E-state index contributed by atoms with van der Waals surface area (Å²) in [4.78, 5) is 72.1. The van der Waals surface area contributed by atoms with Crippen LogP contribution in [0.25, 0.3) is 11.1 Å². The van der Waals surface area contributed by atoms with Crippen molar-refractivity contribution in [2.45, 2.75) is 277 Å². The van der Waals surface area contributed by atoms with Crippen LogP contribution in [0.2, 0.25) is 15.5 Å². The molecule has 0 saturated carbocycles. The van der Waals surface area contributed by atoms with Crippen molar-refractivity contribution in [3.8, 4) is 0 Å². The van der Waals surface area contributed by atoms with Crippen molar-refractivity contribution in [3.05, 3.63) is 168 Å². The van der Waals surface area contributed by atoms with Crippen LogP contribution in [0.4, 0.5) is 31.5 Å². The van der Waals surface area contributed by atoms with Crippen molar-refractivity contribution >= 4 is 105 Å². The normalized spacial score (nSPS) is 23.1. The maximum atomic E-state index is 14.7. The highest BCUT2D eigenvalue weighted by Gasteiger charge is 2.53. The van der Waals surface area contributed by atoms with Gasteiger partial charge in [0.25, 0.3) is 5.91 Å². The zero-order valence-corrected chi connectivity index (χ0v) is 83.9. The summed E-state index contributed by atoms with van der Waals surface area (Å²) in [5.41, 5.74) is 2.41. The lowest BCUT2D eigenvalue weighted by Crippen LogP contribution is -2.41. The number of aliphatic hydroxyl groups is 5. The first-order valence-electron chi connectivity index (χ1n) is 44.0. The van der Waals surface area contributed by atoms with Crippen LogP contribution in [0.1, 0.15) is 233 Å². The fourth-order valence-electron chi connectivity index (χ4n) is 14.0. The summed E-state index contributed by atoms with van der Waals surface area (Å²) >= 11 is 19.2. The Hall–Kier alpha value is -6.68. The second kappa shape index (κ2) is 49.9. The Morgan fingerprint density at radius 2 is 0.985 bits per heavy atom. The van der Waals surface area contributed by atoms with Crippen LogP contribution in [-0.4, -0.2) is 270 Å². The fourth-order valence-corrected chi connectivity index (χ4v) is 14.7. The number of carbonyl (C=O) groups is 4. The molecule has 3 amide bonds. The number of pyridine rings is 5. The van der Waals surface area contributed by atoms with E-state index < -0.39 is 113 Å². The van der Waals surface area contributed by atoms with E-state index in [-0.39, 0.29) is 119 Å². The number of hydrogen-bond acceptors (Lipinski definition) is 28. The lowest BCUT2D eigenvalue weighted by Gasteiger charge is -2.32. The summed E-state index contributed by atoms with van der Waals surface area (Å²) in [6, 6.07) is 5.88. The van der Waals surface area contributed by atoms with Gasteiger partial charge in [0.1, 0.15) is 77.0 Å². The summed E-state index contributed by atoms with van der Waals surface area (Å²) < 4.78 is 139. The fraction of sp³-hybridized carbons (Fsp3) is 0.620. The molecule has 15 heterocycles. The third-order valence-electron chi connectivity index (χ3n) is 21.9. The minimum absolute atomic E-state index is 0. The van der Waals surface area contributed by atoms with E-state index in [0.29, 0.717) is 73.9 Å². The number of rotatable bonds is 13. The minimum Gasteiger partial charge on any atom is -0.444 e. The third-order valence-corrected chi connectivity index (χ3v) is 23.1. The monoisotopic (exact) mass is 2040 g/mol. The highest BCUT2D eigenvalue weighted by molar-refractivity contribution is 9.10. The molecule has 7 saturated heterocycles. The van der Waals surface area contributed by atoms with Crippen molar-refractivity contribution < 1.29 is 128 Å². The van der Waals surface area contributed by atoms with Gasteiger partial charge in [-0.2, -0.15) is 0 Å². The maximum Gasteiger partial charge on any atom is 0.490 e. The third kappa shape index (κ3) is 35.0. The van der Waals surface area contributed by atoms with Crippen LogP contribution < -0.4 is 5.32 Å². The molecular formula is C92H128BBrCl4F5N9O22. The summed E-state index contributed by atoms with van der Waals surface area (Å²) in [6.45, 7) is 42.0. The van der Waals surface area contributed by atoms with Gasteiger partial charge in [0.2, 0.25) is 0 Å². The molecule has 31 nitrogen and oxygen atoms in total. The predicted molar refractivity (Wildman–Crippen MR) is 496 cm³/mol. The van der Waals surface area contributed by atoms with E-state index in [1.807, 2.05) is 100 Å². The summed E-state index contributed by atoms with van der Waals surface area (Å²) in [6.07, 6.45) is 12.1.